The molecule has 13 heteroatoms. The molecular formula is C35H40F2N6O5. The first-order valence-corrected chi connectivity index (χ1v) is 15.4. The number of nitrogens with one attached hydrogen (secondary N) is 1. The van der Waals surface area contributed by atoms with E-state index in [9.17, 15) is 13.6 Å². The van der Waals surface area contributed by atoms with Crippen molar-refractivity contribution >= 4 is 29.1 Å². The number of piperazine rings is 1. The van der Waals surface area contributed by atoms with Gasteiger partial charge in [-0.15, -0.1) is 0 Å². The van der Waals surface area contributed by atoms with Crippen molar-refractivity contribution < 1.29 is 32.5 Å². The number of methoxy groups -OCH3 is 2. The summed E-state index contributed by atoms with van der Waals surface area (Å²) in [5.41, 5.74) is 5.93. The lowest BCUT2D eigenvalue weighted by Gasteiger charge is -2.34. The molecule has 1 amide bonds. The highest BCUT2D eigenvalue weighted by atomic mass is 19.3. The topological polar surface area (TPSA) is 102 Å². The molecule has 1 saturated heterocycles. The number of alkyl halides is 2. The Morgan fingerprint density at radius 3 is 2.33 bits per heavy atom. The number of likely N-dealkylation sites (N-methyl/N-ethyl adjacent to an activating group) is 1. The van der Waals surface area contributed by atoms with Gasteiger partial charge in [0, 0.05) is 62.7 Å². The average molecular weight is 663 g/mol. The summed E-state index contributed by atoms with van der Waals surface area (Å²) in [4.78, 5) is 28.1. The second-order valence-electron chi connectivity index (χ2n) is 11.5. The number of anilines is 4. The molecule has 1 N–H and O–H groups in total. The van der Waals surface area contributed by atoms with Gasteiger partial charge in [-0.05, 0) is 68.8 Å². The number of aryl methyl sites for hydroxylation is 1. The monoisotopic (exact) mass is 662 g/mol. The van der Waals surface area contributed by atoms with E-state index in [-0.39, 0.29) is 17.6 Å². The number of aromatic nitrogens is 2. The molecule has 1 aromatic heterocycles. The molecule has 0 aliphatic carbocycles. The number of nitrogens with zero attached hydrogens (tertiary/aromatic N) is 5. The van der Waals surface area contributed by atoms with Crippen molar-refractivity contribution in [3.05, 3.63) is 71.3 Å². The minimum atomic E-state index is -3.01. The van der Waals surface area contributed by atoms with Gasteiger partial charge >= 0.3 is 12.7 Å². The molecule has 11 nitrogen and oxygen atoms in total. The number of carbonyl (C=O) groups is 1. The summed E-state index contributed by atoms with van der Waals surface area (Å²) in [6.45, 7) is 5.99. The van der Waals surface area contributed by atoms with E-state index in [0.717, 1.165) is 35.3 Å². The van der Waals surface area contributed by atoms with Crippen LogP contribution in [0.5, 0.6) is 23.1 Å². The molecule has 1 aliphatic rings. The molecule has 0 saturated carbocycles. The summed E-state index contributed by atoms with van der Waals surface area (Å²) >= 11 is 0. The highest BCUT2D eigenvalue weighted by Crippen LogP contribution is 2.36. The predicted molar refractivity (Wildman–Crippen MR) is 182 cm³/mol. The van der Waals surface area contributed by atoms with Crippen LogP contribution in [-0.4, -0.2) is 82.1 Å². The first-order chi connectivity index (χ1) is 23.0. The van der Waals surface area contributed by atoms with Gasteiger partial charge in [0.25, 0.3) is 0 Å². The van der Waals surface area contributed by atoms with Crippen LogP contribution >= 0.6 is 0 Å². The van der Waals surface area contributed by atoms with E-state index in [2.05, 4.69) is 15.2 Å². The van der Waals surface area contributed by atoms with E-state index in [0.29, 0.717) is 47.3 Å². The van der Waals surface area contributed by atoms with Gasteiger partial charge in [-0.1, -0.05) is 12.1 Å². The van der Waals surface area contributed by atoms with Gasteiger partial charge in [-0.2, -0.15) is 13.8 Å². The van der Waals surface area contributed by atoms with Crippen molar-refractivity contribution in [2.45, 2.75) is 27.4 Å². The van der Waals surface area contributed by atoms with Crippen molar-refractivity contribution in [1.82, 2.24) is 14.9 Å². The smallest absolute Gasteiger partial charge is 0.420 e. The van der Waals surface area contributed by atoms with E-state index in [1.165, 1.54) is 25.2 Å². The van der Waals surface area contributed by atoms with Gasteiger partial charge in [0.15, 0.2) is 5.75 Å². The number of hydrogen-bond acceptors (Lipinski definition) is 10. The Morgan fingerprint density at radius 2 is 1.65 bits per heavy atom. The van der Waals surface area contributed by atoms with Crippen LogP contribution in [0.15, 0.2) is 54.6 Å². The molecule has 0 spiro atoms. The highest BCUT2D eigenvalue weighted by molar-refractivity contribution is 5.91. The Hall–Kier alpha value is -5.17. The number of ether oxygens (including phenoxy) is 4. The Bertz CT molecular complexity index is 1780. The maximum absolute atomic E-state index is 13.5. The maximum Gasteiger partial charge on any atom is 0.420 e. The Kier molecular flexibility index (Phi) is 10.5. The molecule has 5 rings (SSSR count). The Balaban J connectivity index is 1.51. The number of amides is 1. The van der Waals surface area contributed by atoms with Crippen LogP contribution in [0.25, 0.3) is 11.3 Å². The van der Waals surface area contributed by atoms with Crippen LogP contribution in [0, 0.1) is 20.8 Å². The lowest BCUT2D eigenvalue weighted by Crippen LogP contribution is -2.44. The Labute approximate surface area is 279 Å². The summed E-state index contributed by atoms with van der Waals surface area (Å²) in [5.74, 6) is 1.05. The summed E-state index contributed by atoms with van der Waals surface area (Å²) in [5, 5.41) is 3.10. The van der Waals surface area contributed by atoms with Crippen LogP contribution in [0.4, 0.5) is 36.6 Å². The van der Waals surface area contributed by atoms with Crippen molar-refractivity contribution in [1.29, 1.82) is 0 Å². The van der Waals surface area contributed by atoms with Crippen LogP contribution in [0.2, 0.25) is 0 Å². The average Bonchev–Trinajstić information content (AvgIpc) is 3.07. The summed E-state index contributed by atoms with van der Waals surface area (Å²) < 4.78 is 48.5. The normalized spacial score (nSPS) is 13.3. The molecule has 3 aromatic carbocycles. The molecule has 1 aliphatic heterocycles. The zero-order chi connectivity index (χ0) is 34.5. The lowest BCUT2D eigenvalue weighted by atomic mass is 9.97. The maximum atomic E-state index is 13.5. The molecule has 1 fully saturated rings. The number of hydrogen-bond donors (Lipinski definition) is 1. The second kappa shape index (κ2) is 14.7. The van der Waals surface area contributed by atoms with E-state index in [1.54, 1.807) is 43.4 Å². The van der Waals surface area contributed by atoms with Crippen LogP contribution in [0.3, 0.4) is 0 Å². The molecular weight excluding hydrogens is 622 g/mol. The largest absolute Gasteiger partial charge is 0.497 e. The van der Waals surface area contributed by atoms with Gasteiger partial charge in [0.2, 0.25) is 11.8 Å². The third-order valence-corrected chi connectivity index (χ3v) is 8.53. The standard InChI is InChI=1S/C35H40F2N6O5/c1-21-8-11-26(23(3)22(21)2)27-20-32(48-35(44)42(5)29-19-25(45-6)10-13-30(29)46-7)40-34(39-27)38-24-9-12-28(31(18-24)47-33(36)37)43-16-14-41(4)15-17-43/h8-13,18-20,33H,14-17H2,1-7H3,(H,38,39,40). The Morgan fingerprint density at radius 1 is 0.896 bits per heavy atom. The van der Waals surface area contributed by atoms with Gasteiger partial charge in [0.05, 0.1) is 31.3 Å². The van der Waals surface area contributed by atoms with E-state index < -0.39 is 12.7 Å². The van der Waals surface area contributed by atoms with Crippen LogP contribution in [0.1, 0.15) is 16.7 Å². The highest BCUT2D eigenvalue weighted by Gasteiger charge is 2.23. The lowest BCUT2D eigenvalue weighted by molar-refractivity contribution is -0.0495. The van der Waals surface area contributed by atoms with Crippen molar-refractivity contribution in [3.63, 3.8) is 0 Å². The van der Waals surface area contributed by atoms with E-state index in [4.69, 9.17) is 23.9 Å². The first-order valence-electron chi connectivity index (χ1n) is 15.4. The molecule has 4 aromatic rings. The van der Waals surface area contributed by atoms with Gasteiger partial charge in [-0.3, -0.25) is 4.90 Å². The summed E-state index contributed by atoms with van der Waals surface area (Å²) in [6, 6.07) is 15.6. The number of halogens is 2. The number of benzene rings is 3. The second-order valence-corrected chi connectivity index (χ2v) is 11.5. The minimum absolute atomic E-state index is 0.0289. The fourth-order valence-corrected chi connectivity index (χ4v) is 5.44. The van der Waals surface area contributed by atoms with Gasteiger partial charge in [-0.25, -0.2) is 9.78 Å². The fraction of sp³-hybridized carbons (Fsp3) is 0.343. The van der Waals surface area contributed by atoms with E-state index >= 15 is 0 Å². The molecule has 48 heavy (non-hydrogen) atoms. The SMILES string of the molecule is COc1ccc(OC)c(N(C)C(=O)Oc2cc(-c3ccc(C)c(C)c3C)nc(Nc3ccc(N4CCN(C)CC4)c(OC(F)F)c3)n2)c1. The third-order valence-electron chi connectivity index (χ3n) is 8.53. The minimum Gasteiger partial charge on any atom is -0.497 e. The van der Waals surface area contributed by atoms with Gasteiger partial charge < -0.3 is 34.1 Å². The first kappa shape index (κ1) is 34.2. The molecule has 2 heterocycles. The molecule has 0 radical (unpaired) electrons. The third kappa shape index (κ3) is 7.68. The van der Waals surface area contributed by atoms with Crippen LogP contribution < -0.4 is 34.1 Å². The zero-order valence-electron chi connectivity index (χ0n) is 28.1. The van der Waals surface area contributed by atoms with Crippen molar-refractivity contribution in [2.24, 2.45) is 0 Å². The molecule has 254 valence electrons. The summed E-state index contributed by atoms with van der Waals surface area (Å²) in [6.07, 6.45) is -0.738. The fourth-order valence-electron chi connectivity index (χ4n) is 5.44. The summed E-state index contributed by atoms with van der Waals surface area (Å²) in [7, 11) is 6.59. The van der Waals surface area contributed by atoms with Gasteiger partial charge in [0.1, 0.15) is 11.5 Å². The van der Waals surface area contributed by atoms with Crippen molar-refractivity contribution in [2.75, 3.05) is 69.6 Å². The van der Waals surface area contributed by atoms with Crippen LogP contribution in [-0.2, 0) is 0 Å². The van der Waals surface area contributed by atoms with Crippen molar-refractivity contribution in [3.8, 4) is 34.4 Å². The molecule has 0 bridgehead atoms. The number of carbonyl (C=O) groups excluding carboxylic acids is 1. The molecule has 0 atom stereocenters. The quantitative estimate of drug-likeness (QED) is 0.195. The number of rotatable bonds is 10. The van der Waals surface area contributed by atoms with E-state index in [1.807, 2.05) is 44.9 Å². The molecule has 0 unspecified atom stereocenters. The zero-order valence-corrected chi connectivity index (χ0v) is 28.1. The predicted octanol–water partition coefficient (Wildman–Crippen LogP) is 6.82.